The van der Waals surface area contributed by atoms with Gasteiger partial charge in [-0.2, -0.15) is 5.26 Å². The number of nitrogens with two attached hydrogens (primary N) is 1. The van der Waals surface area contributed by atoms with Crippen LogP contribution in [0.5, 0.6) is 0 Å². The molecule has 1 unspecified atom stereocenters. The van der Waals surface area contributed by atoms with Gasteiger partial charge in [0.05, 0.1) is 10.9 Å². The minimum absolute atomic E-state index is 0.000903. The highest BCUT2D eigenvalue weighted by Gasteiger charge is 2.43. The van der Waals surface area contributed by atoms with E-state index in [1.54, 1.807) is 12.1 Å². The van der Waals surface area contributed by atoms with Gasteiger partial charge in [-0.1, -0.05) is 43.1 Å². The van der Waals surface area contributed by atoms with Crippen molar-refractivity contribution < 1.29 is 9.53 Å². The standard InChI is InChI=1S/C22H18Cl2N2O2S/c1-22(2)8-15(27)20-16(9-22)28-21(26)13(10-25)19(20)18-6-5-17(29-18)12-4-3-11(23)7-14(12)24/h3-7,19H,8-9,26H2,1-2H3. The quantitative estimate of drug-likeness (QED) is 0.600. The summed E-state index contributed by atoms with van der Waals surface area (Å²) in [7, 11) is 0. The highest BCUT2D eigenvalue weighted by molar-refractivity contribution is 7.15. The summed E-state index contributed by atoms with van der Waals surface area (Å²) < 4.78 is 5.74. The van der Waals surface area contributed by atoms with Gasteiger partial charge in [0.2, 0.25) is 5.88 Å². The summed E-state index contributed by atoms with van der Waals surface area (Å²) >= 11 is 13.8. The van der Waals surface area contributed by atoms with Crippen LogP contribution in [0.3, 0.4) is 0 Å². The molecule has 1 aliphatic carbocycles. The number of halogens is 2. The van der Waals surface area contributed by atoms with Gasteiger partial charge in [0.1, 0.15) is 17.4 Å². The summed E-state index contributed by atoms with van der Waals surface area (Å²) in [5, 5.41) is 10.8. The van der Waals surface area contributed by atoms with Gasteiger partial charge in [-0.05, 0) is 29.7 Å². The van der Waals surface area contributed by atoms with Crippen LogP contribution in [-0.4, -0.2) is 5.78 Å². The number of nitrogens with zero attached hydrogens (tertiary/aromatic N) is 1. The number of ketones is 1. The minimum atomic E-state index is -0.517. The van der Waals surface area contributed by atoms with Crippen LogP contribution in [0.1, 0.15) is 37.5 Å². The molecule has 0 spiro atoms. The van der Waals surface area contributed by atoms with Crippen molar-refractivity contribution in [1.29, 1.82) is 5.26 Å². The van der Waals surface area contributed by atoms with Crippen molar-refractivity contribution in [3.05, 3.63) is 68.0 Å². The zero-order valence-electron chi connectivity index (χ0n) is 15.9. The number of hydrogen-bond donors (Lipinski definition) is 1. The first-order valence-corrected chi connectivity index (χ1v) is 10.7. The Labute approximate surface area is 183 Å². The van der Waals surface area contributed by atoms with Gasteiger partial charge < -0.3 is 10.5 Å². The molecular weight excluding hydrogens is 427 g/mol. The molecule has 1 aliphatic heterocycles. The third-order valence-electron chi connectivity index (χ3n) is 5.18. The van der Waals surface area contributed by atoms with Crippen LogP contribution < -0.4 is 5.73 Å². The van der Waals surface area contributed by atoms with Gasteiger partial charge in [0.25, 0.3) is 0 Å². The molecule has 29 heavy (non-hydrogen) atoms. The highest BCUT2D eigenvalue weighted by Crippen LogP contribution is 2.50. The third kappa shape index (κ3) is 3.57. The molecule has 0 fully saturated rings. The van der Waals surface area contributed by atoms with Crippen molar-refractivity contribution in [2.75, 3.05) is 0 Å². The van der Waals surface area contributed by atoms with Gasteiger partial charge in [-0.25, -0.2) is 0 Å². The fourth-order valence-corrected chi connectivity index (χ4v) is 5.65. The Bertz CT molecular complexity index is 1140. The van der Waals surface area contributed by atoms with Crippen LogP contribution in [0.15, 0.2) is 53.1 Å². The maximum absolute atomic E-state index is 13.0. The van der Waals surface area contributed by atoms with Crippen LogP contribution in [-0.2, 0) is 9.53 Å². The first-order valence-electron chi connectivity index (χ1n) is 9.09. The molecule has 4 rings (SSSR count). The average Bonchev–Trinajstić information content (AvgIpc) is 3.08. The number of carbonyl (C=O) groups excluding carboxylic acids is 1. The largest absolute Gasteiger partial charge is 0.444 e. The SMILES string of the molecule is CC1(C)CC(=O)C2=C(C1)OC(N)=C(C#N)C2c1ccc(-c2ccc(Cl)cc2Cl)s1. The third-order valence-corrected chi connectivity index (χ3v) is 6.91. The molecule has 7 heteroatoms. The van der Waals surface area contributed by atoms with E-state index in [4.69, 9.17) is 33.7 Å². The Kier molecular flexibility index (Phi) is 4.98. The Hall–Kier alpha value is -2.26. The normalized spacial score (nSPS) is 20.9. The van der Waals surface area contributed by atoms with E-state index >= 15 is 0 Å². The summed E-state index contributed by atoms with van der Waals surface area (Å²) in [4.78, 5) is 14.8. The molecule has 1 atom stereocenters. The number of Topliss-reactive ketones (excluding diaryl/α,β-unsaturated/α-hetero) is 1. The van der Waals surface area contributed by atoms with Gasteiger partial charge in [0, 0.05) is 38.8 Å². The number of carbonyl (C=O) groups is 1. The lowest BCUT2D eigenvalue weighted by atomic mass is 9.71. The van der Waals surface area contributed by atoms with E-state index in [9.17, 15) is 10.1 Å². The summed E-state index contributed by atoms with van der Waals surface area (Å²) in [5.74, 6) is 0.131. The Morgan fingerprint density at radius 2 is 2.00 bits per heavy atom. The second kappa shape index (κ2) is 7.21. The Balaban J connectivity index is 1.83. The molecule has 0 amide bonds. The second-order valence-electron chi connectivity index (χ2n) is 8.03. The van der Waals surface area contributed by atoms with E-state index in [-0.39, 0.29) is 22.7 Å². The molecule has 2 aromatic rings. The van der Waals surface area contributed by atoms with Crippen molar-refractivity contribution in [3.8, 4) is 16.5 Å². The van der Waals surface area contributed by atoms with E-state index in [2.05, 4.69) is 6.07 Å². The number of allylic oxidation sites excluding steroid dienone is 3. The number of hydrogen-bond acceptors (Lipinski definition) is 5. The van der Waals surface area contributed by atoms with Crippen molar-refractivity contribution in [1.82, 2.24) is 0 Å². The van der Waals surface area contributed by atoms with E-state index in [1.165, 1.54) is 11.3 Å². The number of nitriles is 1. The molecule has 2 heterocycles. The molecular formula is C22H18Cl2N2O2S. The molecule has 0 radical (unpaired) electrons. The van der Waals surface area contributed by atoms with Gasteiger partial charge >= 0.3 is 0 Å². The fraction of sp³-hybridized carbons (Fsp3) is 0.273. The zero-order chi connectivity index (χ0) is 20.9. The van der Waals surface area contributed by atoms with Crippen LogP contribution in [0.2, 0.25) is 10.0 Å². The first-order chi connectivity index (χ1) is 13.7. The predicted molar refractivity (Wildman–Crippen MR) is 115 cm³/mol. The van der Waals surface area contributed by atoms with Gasteiger partial charge in [-0.3, -0.25) is 4.79 Å². The fourth-order valence-electron chi connectivity index (χ4n) is 3.91. The summed E-state index contributed by atoms with van der Waals surface area (Å²) in [5.41, 5.74) is 7.53. The van der Waals surface area contributed by atoms with E-state index in [1.807, 2.05) is 32.0 Å². The Morgan fingerprint density at radius 3 is 2.69 bits per heavy atom. The van der Waals surface area contributed by atoms with Crippen LogP contribution in [0.25, 0.3) is 10.4 Å². The molecule has 1 aromatic heterocycles. The van der Waals surface area contributed by atoms with E-state index in [0.29, 0.717) is 34.2 Å². The van der Waals surface area contributed by atoms with Crippen molar-refractivity contribution in [3.63, 3.8) is 0 Å². The zero-order valence-corrected chi connectivity index (χ0v) is 18.2. The average molecular weight is 445 g/mol. The van der Waals surface area contributed by atoms with Gasteiger partial charge in [-0.15, -0.1) is 11.3 Å². The number of thiophene rings is 1. The summed E-state index contributed by atoms with van der Waals surface area (Å²) in [6, 6.07) is 11.3. The predicted octanol–water partition coefficient (Wildman–Crippen LogP) is 6.17. The summed E-state index contributed by atoms with van der Waals surface area (Å²) in [6.45, 7) is 4.05. The topological polar surface area (TPSA) is 76.1 Å². The maximum atomic E-state index is 13.0. The van der Waals surface area contributed by atoms with E-state index < -0.39 is 5.92 Å². The number of rotatable bonds is 2. The van der Waals surface area contributed by atoms with E-state index in [0.717, 1.165) is 15.3 Å². The van der Waals surface area contributed by atoms with Crippen LogP contribution >= 0.6 is 34.5 Å². The molecule has 148 valence electrons. The lowest BCUT2D eigenvalue weighted by Gasteiger charge is -2.36. The molecule has 2 N–H and O–H groups in total. The smallest absolute Gasteiger partial charge is 0.205 e. The Morgan fingerprint density at radius 1 is 1.24 bits per heavy atom. The second-order valence-corrected chi connectivity index (χ2v) is 9.99. The van der Waals surface area contributed by atoms with Crippen molar-refractivity contribution >= 4 is 40.3 Å². The molecule has 0 saturated carbocycles. The number of ether oxygens (including phenoxy) is 1. The molecule has 0 bridgehead atoms. The number of benzene rings is 1. The lowest BCUT2D eigenvalue weighted by Crippen LogP contribution is -2.33. The van der Waals surface area contributed by atoms with Crippen molar-refractivity contribution in [2.45, 2.75) is 32.6 Å². The molecule has 2 aliphatic rings. The lowest BCUT2D eigenvalue weighted by molar-refractivity contribution is -0.119. The molecule has 4 nitrogen and oxygen atoms in total. The monoisotopic (exact) mass is 444 g/mol. The first kappa shape index (κ1) is 20.0. The molecule has 0 saturated heterocycles. The van der Waals surface area contributed by atoms with Crippen molar-refractivity contribution in [2.24, 2.45) is 11.1 Å². The minimum Gasteiger partial charge on any atom is -0.444 e. The van der Waals surface area contributed by atoms with Gasteiger partial charge in [0.15, 0.2) is 5.78 Å². The summed E-state index contributed by atoms with van der Waals surface area (Å²) in [6.07, 6.45) is 1.01. The highest BCUT2D eigenvalue weighted by atomic mass is 35.5. The van der Waals surface area contributed by atoms with Crippen LogP contribution in [0, 0.1) is 16.7 Å². The van der Waals surface area contributed by atoms with Crippen LogP contribution in [0.4, 0.5) is 0 Å². The molecule has 1 aromatic carbocycles. The maximum Gasteiger partial charge on any atom is 0.205 e.